The zero-order valence-corrected chi connectivity index (χ0v) is 15.2. The highest BCUT2D eigenvalue weighted by Gasteiger charge is 2.31. The van der Waals surface area contributed by atoms with Crippen LogP contribution in [0.5, 0.6) is 0 Å². The van der Waals surface area contributed by atoms with Crippen molar-refractivity contribution in [1.29, 1.82) is 0 Å². The van der Waals surface area contributed by atoms with Gasteiger partial charge in [-0.15, -0.1) is 0 Å². The molecule has 2 rings (SSSR count). The van der Waals surface area contributed by atoms with Crippen molar-refractivity contribution < 1.29 is 19.4 Å². The van der Waals surface area contributed by atoms with Gasteiger partial charge in [0, 0.05) is 25.2 Å². The Morgan fingerprint density at radius 2 is 1.92 bits per heavy atom. The maximum Gasteiger partial charge on any atom is 0.407 e. The summed E-state index contributed by atoms with van der Waals surface area (Å²) in [6, 6.07) is 9.91. The van der Waals surface area contributed by atoms with E-state index < -0.39 is 17.7 Å². The van der Waals surface area contributed by atoms with Gasteiger partial charge in [0.25, 0.3) is 0 Å². The molecule has 0 bridgehead atoms. The van der Waals surface area contributed by atoms with Crippen LogP contribution in [0.2, 0.25) is 0 Å². The lowest BCUT2D eigenvalue weighted by Gasteiger charge is -2.39. The van der Waals surface area contributed by atoms with Crippen LogP contribution in [0, 0.1) is 0 Å². The normalized spacial score (nSPS) is 21.6. The number of hydrogen-bond donors (Lipinski definition) is 2. The van der Waals surface area contributed by atoms with Gasteiger partial charge in [0.1, 0.15) is 5.60 Å². The number of piperidine rings is 1. The number of hydrogen-bond acceptors (Lipinski definition) is 4. The molecule has 0 aliphatic carbocycles. The van der Waals surface area contributed by atoms with E-state index in [1.807, 2.05) is 51.1 Å². The fraction of sp³-hybridized carbons (Fsp3) is 0.579. The molecule has 2 atom stereocenters. The first kappa shape index (κ1) is 19.2. The number of aliphatic carboxylic acids is 1. The molecule has 6 nitrogen and oxygen atoms in total. The third-order valence-electron chi connectivity index (χ3n) is 4.18. The quantitative estimate of drug-likeness (QED) is 0.855. The number of ether oxygens (including phenoxy) is 1. The number of carbonyl (C=O) groups is 2. The molecule has 138 valence electrons. The van der Waals surface area contributed by atoms with Gasteiger partial charge in [-0.1, -0.05) is 30.3 Å². The molecule has 0 spiro atoms. The molecule has 2 N–H and O–H groups in total. The Morgan fingerprint density at radius 3 is 2.52 bits per heavy atom. The highest BCUT2D eigenvalue weighted by atomic mass is 16.6. The van der Waals surface area contributed by atoms with Gasteiger partial charge in [-0.05, 0) is 39.2 Å². The van der Waals surface area contributed by atoms with Gasteiger partial charge in [-0.3, -0.25) is 9.69 Å². The fourth-order valence-electron chi connectivity index (χ4n) is 3.14. The van der Waals surface area contributed by atoms with Gasteiger partial charge in [0.2, 0.25) is 0 Å². The maximum absolute atomic E-state index is 12.0. The number of carboxylic acids is 1. The fourth-order valence-corrected chi connectivity index (χ4v) is 3.14. The summed E-state index contributed by atoms with van der Waals surface area (Å²) in [6.45, 7) is 6.78. The third-order valence-corrected chi connectivity index (χ3v) is 4.18. The van der Waals surface area contributed by atoms with Gasteiger partial charge in [0.05, 0.1) is 6.42 Å². The summed E-state index contributed by atoms with van der Waals surface area (Å²) in [5.74, 6) is -0.790. The number of amides is 1. The molecule has 25 heavy (non-hydrogen) atoms. The molecule has 0 radical (unpaired) electrons. The molecule has 0 aromatic heterocycles. The van der Waals surface area contributed by atoms with Crippen LogP contribution in [0.3, 0.4) is 0 Å². The minimum absolute atomic E-state index is 0.0191. The number of nitrogens with zero attached hydrogens (tertiary/aromatic N) is 1. The molecular weight excluding hydrogens is 320 g/mol. The third kappa shape index (κ3) is 6.74. The number of carbonyl (C=O) groups excluding carboxylic acids is 1. The van der Waals surface area contributed by atoms with Gasteiger partial charge in [-0.25, -0.2) is 4.79 Å². The minimum atomic E-state index is -0.790. The van der Waals surface area contributed by atoms with Crippen LogP contribution < -0.4 is 5.32 Å². The number of rotatable bonds is 5. The molecule has 1 aromatic rings. The molecule has 0 saturated carbocycles. The van der Waals surface area contributed by atoms with Crippen molar-refractivity contribution in [2.45, 2.75) is 64.3 Å². The van der Waals surface area contributed by atoms with Gasteiger partial charge in [0.15, 0.2) is 0 Å². The lowest BCUT2D eigenvalue weighted by atomic mass is 9.95. The Hall–Kier alpha value is -2.08. The monoisotopic (exact) mass is 348 g/mol. The summed E-state index contributed by atoms with van der Waals surface area (Å²) in [5.41, 5.74) is 0.602. The standard InChI is InChI=1S/C19H28N2O4/c1-19(2,3)25-18(24)20-15-9-10-16(11-17(22)23)21(13-15)12-14-7-5-4-6-8-14/h4-8,15-16H,9-13H2,1-3H3,(H,20,24)(H,22,23). The van der Waals surface area contributed by atoms with E-state index in [2.05, 4.69) is 10.2 Å². The Morgan fingerprint density at radius 1 is 1.24 bits per heavy atom. The van der Waals surface area contributed by atoms with Crippen molar-refractivity contribution in [3.05, 3.63) is 35.9 Å². The van der Waals surface area contributed by atoms with E-state index in [1.165, 1.54) is 0 Å². The van der Waals surface area contributed by atoms with Crippen LogP contribution >= 0.6 is 0 Å². The van der Waals surface area contributed by atoms with Crippen LogP contribution in [0.15, 0.2) is 30.3 Å². The lowest BCUT2D eigenvalue weighted by molar-refractivity contribution is -0.139. The molecule has 1 saturated heterocycles. The molecule has 1 heterocycles. The van der Waals surface area contributed by atoms with Crippen molar-refractivity contribution in [1.82, 2.24) is 10.2 Å². The summed E-state index contributed by atoms with van der Waals surface area (Å²) < 4.78 is 5.32. The van der Waals surface area contributed by atoms with E-state index in [0.29, 0.717) is 13.1 Å². The molecule has 1 aromatic carbocycles. The van der Waals surface area contributed by atoms with Crippen LogP contribution in [-0.2, 0) is 16.1 Å². The van der Waals surface area contributed by atoms with Crippen LogP contribution in [0.4, 0.5) is 4.79 Å². The average molecular weight is 348 g/mol. The summed E-state index contributed by atoms with van der Waals surface area (Å²) in [4.78, 5) is 25.3. The smallest absolute Gasteiger partial charge is 0.407 e. The van der Waals surface area contributed by atoms with E-state index in [1.54, 1.807) is 0 Å². The second-order valence-electron chi connectivity index (χ2n) is 7.59. The van der Waals surface area contributed by atoms with Crippen molar-refractivity contribution in [2.75, 3.05) is 6.54 Å². The second-order valence-corrected chi connectivity index (χ2v) is 7.59. The second kappa shape index (κ2) is 8.34. The van der Waals surface area contributed by atoms with Crippen LogP contribution in [0.25, 0.3) is 0 Å². The molecule has 6 heteroatoms. The predicted octanol–water partition coefficient (Wildman–Crippen LogP) is 3.02. The number of benzene rings is 1. The molecular formula is C19H28N2O4. The molecule has 1 amide bonds. The van der Waals surface area contributed by atoms with Gasteiger partial charge < -0.3 is 15.2 Å². The summed E-state index contributed by atoms with van der Waals surface area (Å²) in [5, 5.41) is 12.1. The SMILES string of the molecule is CC(C)(C)OC(=O)NC1CCC(CC(=O)O)N(Cc2ccccc2)C1. The summed E-state index contributed by atoms with van der Waals surface area (Å²) in [6.07, 6.45) is 1.18. The average Bonchev–Trinajstić information content (AvgIpc) is 2.48. The van der Waals surface area contributed by atoms with Crippen molar-refractivity contribution in [3.8, 4) is 0 Å². The zero-order chi connectivity index (χ0) is 18.4. The molecule has 1 aliphatic heterocycles. The molecule has 1 aliphatic rings. The van der Waals surface area contributed by atoms with E-state index in [9.17, 15) is 14.7 Å². The van der Waals surface area contributed by atoms with E-state index in [4.69, 9.17) is 4.74 Å². The number of carboxylic acid groups (broad SMARTS) is 1. The van der Waals surface area contributed by atoms with E-state index >= 15 is 0 Å². The highest BCUT2D eigenvalue weighted by Crippen LogP contribution is 2.23. The van der Waals surface area contributed by atoms with Gasteiger partial charge >= 0.3 is 12.1 Å². The Bertz CT molecular complexity index is 583. The van der Waals surface area contributed by atoms with Crippen LogP contribution in [-0.4, -0.2) is 46.3 Å². The summed E-state index contributed by atoms with van der Waals surface area (Å²) >= 11 is 0. The Labute approximate surface area is 149 Å². The lowest BCUT2D eigenvalue weighted by Crippen LogP contribution is -2.52. The predicted molar refractivity (Wildman–Crippen MR) is 95.3 cm³/mol. The molecule has 2 unspecified atom stereocenters. The maximum atomic E-state index is 12.0. The molecule has 1 fully saturated rings. The van der Waals surface area contributed by atoms with Crippen LogP contribution in [0.1, 0.15) is 45.6 Å². The zero-order valence-electron chi connectivity index (χ0n) is 15.2. The number of nitrogens with one attached hydrogen (secondary N) is 1. The first-order chi connectivity index (χ1) is 11.7. The first-order valence-corrected chi connectivity index (χ1v) is 8.72. The van der Waals surface area contributed by atoms with Crippen molar-refractivity contribution >= 4 is 12.1 Å². The Balaban J connectivity index is 2.00. The highest BCUT2D eigenvalue weighted by molar-refractivity contribution is 5.68. The van der Waals surface area contributed by atoms with E-state index in [-0.39, 0.29) is 18.5 Å². The van der Waals surface area contributed by atoms with Gasteiger partial charge in [-0.2, -0.15) is 0 Å². The topological polar surface area (TPSA) is 78.9 Å². The number of likely N-dealkylation sites (tertiary alicyclic amines) is 1. The minimum Gasteiger partial charge on any atom is -0.481 e. The first-order valence-electron chi connectivity index (χ1n) is 8.72. The number of alkyl carbamates (subject to hydrolysis) is 1. The van der Waals surface area contributed by atoms with Crippen molar-refractivity contribution in [3.63, 3.8) is 0 Å². The summed E-state index contributed by atoms with van der Waals surface area (Å²) in [7, 11) is 0. The Kier molecular flexibility index (Phi) is 6.42. The van der Waals surface area contributed by atoms with E-state index in [0.717, 1.165) is 18.4 Å². The van der Waals surface area contributed by atoms with Crippen molar-refractivity contribution in [2.24, 2.45) is 0 Å². The largest absolute Gasteiger partial charge is 0.481 e.